The molecule has 1 amide bonds. The van der Waals surface area contributed by atoms with Gasteiger partial charge in [-0.1, -0.05) is 37.7 Å². The smallest absolute Gasteiger partial charge is 0.227 e. The van der Waals surface area contributed by atoms with Crippen LogP contribution in [-0.4, -0.2) is 10.9 Å². The van der Waals surface area contributed by atoms with Gasteiger partial charge >= 0.3 is 0 Å². The van der Waals surface area contributed by atoms with Gasteiger partial charge in [-0.2, -0.15) is 0 Å². The molecule has 98 valence electrons. The third-order valence-electron chi connectivity index (χ3n) is 2.87. The Labute approximate surface area is 118 Å². The summed E-state index contributed by atoms with van der Waals surface area (Å²) in [7, 11) is 0. The standard InChI is InChI=1S/C13H17ClN2OS/c1-3-8(4-2)13(17)16-11-6-5-9(12(15)18)7-10(11)14/h5-8H,3-4H2,1-2H3,(H2,15,18)(H,16,17). The first kappa shape index (κ1) is 14.9. The first-order chi connectivity index (χ1) is 8.49. The molecule has 0 saturated carbocycles. The maximum Gasteiger partial charge on any atom is 0.227 e. The minimum absolute atomic E-state index is 0.00928. The zero-order chi connectivity index (χ0) is 13.7. The van der Waals surface area contributed by atoms with Gasteiger partial charge in [0.1, 0.15) is 4.99 Å². The van der Waals surface area contributed by atoms with E-state index < -0.39 is 0 Å². The van der Waals surface area contributed by atoms with Crippen LogP contribution in [0.15, 0.2) is 18.2 Å². The number of hydrogen-bond acceptors (Lipinski definition) is 2. The van der Waals surface area contributed by atoms with E-state index in [4.69, 9.17) is 29.6 Å². The Balaban J connectivity index is 2.86. The molecule has 0 unspecified atom stereocenters. The summed E-state index contributed by atoms with van der Waals surface area (Å²) in [5.41, 5.74) is 6.79. The van der Waals surface area contributed by atoms with E-state index >= 15 is 0 Å². The lowest BCUT2D eigenvalue weighted by Gasteiger charge is -2.14. The second kappa shape index (κ2) is 6.71. The minimum atomic E-state index is -0.00928. The van der Waals surface area contributed by atoms with Gasteiger partial charge in [-0.05, 0) is 31.0 Å². The van der Waals surface area contributed by atoms with Gasteiger partial charge < -0.3 is 11.1 Å². The average Bonchev–Trinajstić information content (AvgIpc) is 2.33. The van der Waals surface area contributed by atoms with Crippen LogP contribution in [0.2, 0.25) is 5.02 Å². The Kier molecular flexibility index (Phi) is 5.56. The maximum atomic E-state index is 11.9. The van der Waals surface area contributed by atoms with E-state index in [-0.39, 0.29) is 16.8 Å². The van der Waals surface area contributed by atoms with E-state index in [2.05, 4.69) is 5.32 Å². The molecular formula is C13H17ClN2OS. The van der Waals surface area contributed by atoms with Gasteiger partial charge in [0.05, 0.1) is 10.7 Å². The summed E-state index contributed by atoms with van der Waals surface area (Å²) in [5, 5.41) is 3.27. The lowest BCUT2D eigenvalue weighted by atomic mass is 10.0. The number of anilines is 1. The predicted molar refractivity (Wildman–Crippen MR) is 80.0 cm³/mol. The van der Waals surface area contributed by atoms with Crippen LogP contribution in [0.25, 0.3) is 0 Å². The number of carbonyl (C=O) groups is 1. The van der Waals surface area contributed by atoms with Crippen molar-refractivity contribution in [1.29, 1.82) is 0 Å². The SMILES string of the molecule is CCC(CC)C(=O)Nc1ccc(C(N)=S)cc1Cl. The highest BCUT2D eigenvalue weighted by atomic mass is 35.5. The maximum absolute atomic E-state index is 11.9. The van der Waals surface area contributed by atoms with Crippen LogP contribution in [0.5, 0.6) is 0 Å². The molecule has 5 heteroatoms. The number of nitrogens with one attached hydrogen (secondary N) is 1. The molecule has 18 heavy (non-hydrogen) atoms. The van der Waals surface area contributed by atoms with E-state index in [1.165, 1.54) is 0 Å². The average molecular weight is 285 g/mol. The van der Waals surface area contributed by atoms with Crippen LogP contribution in [0.1, 0.15) is 32.3 Å². The number of thiocarbonyl (C=S) groups is 1. The highest BCUT2D eigenvalue weighted by Crippen LogP contribution is 2.24. The van der Waals surface area contributed by atoms with Gasteiger partial charge in [-0.3, -0.25) is 4.79 Å². The zero-order valence-corrected chi connectivity index (χ0v) is 12.1. The fraction of sp³-hybridized carbons (Fsp3) is 0.385. The van der Waals surface area contributed by atoms with Crippen molar-refractivity contribution < 1.29 is 4.79 Å². The number of hydrogen-bond donors (Lipinski definition) is 2. The first-order valence-corrected chi connectivity index (χ1v) is 6.68. The zero-order valence-electron chi connectivity index (χ0n) is 10.5. The molecule has 3 N–H and O–H groups in total. The van der Waals surface area contributed by atoms with Crippen molar-refractivity contribution in [1.82, 2.24) is 0 Å². The molecule has 0 radical (unpaired) electrons. The largest absolute Gasteiger partial charge is 0.389 e. The molecule has 0 aromatic heterocycles. The molecule has 0 spiro atoms. The minimum Gasteiger partial charge on any atom is -0.389 e. The number of carbonyl (C=O) groups excluding carboxylic acids is 1. The Morgan fingerprint density at radius 3 is 2.50 bits per heavy atom. The Morgan fingerprint density at radius 2 is 2.06 bits per heavy atom. The van der Waals surface area contributed by atoms with E-state index in [0.29, 0.717) is 16.3 Å². The fourth-order valence-corrected chi connectivity index (χ4v) is 2.02. The second-order valence-electron chi connectivity index (χ2n) is 4.06. The van der Waals surface area contributed by atoms with Crippen molar-refractivity contribution in [2.45, 2.75) is 26.7 Å². The first-order valence-electron chi connectivity index (χ1n) is 5.89. The van der Waals surface area contributed by atoms with Crippen LogP contribution in [0.3, 0.4) is 0 Å². The van der Waals surface area contributed by atoms with Crippen molar-refractivity contribution in [3.63, 3.8) is 0 Å². The van der Waals surface area contributed by atoms with Gasteiger partial charge in [-0.15, -0.1) is 0 Å². The van der Waals surface area contributed by atoms with Crippen LogP contribution in [-0.2, 0) is 4.79 Å². The molecule has 3 nitrogen and oxygen atoms in total. The van der Waals surface area contributed by atoms with Crippen molar-refractivity contribution in [3.05, 3.63) is 28.8 Å². The topological polar surface area (TPSA) is 55.1 Å². The molecule has 1 rings (SSSR count). The second-order valence-corrected chi connectivity index (χ2v) is 4.91. The van der Waals surface area contributed by atoms with Crippen LogP contribution in [0.4, 0.5) is 5.69 Å². The number of rotatable bonds is 5. The van der Waals surface area contributed by atoms with Gasteiger partial charge in [0.25, 0.3) is 0 Å². The lowest BCUT2D eigenvalue weighted by Crippen LogP contribution is -2.22. The van der Waals surface area contributed by atoms with E-state index in [1.807, 2.05) is 13.8 Å². The molecule has 0 heterocycles. The van der Waals surface area contributed by atoms with Crippen molar-refractivity contribution in [2.75, 3.05) is 5.32 Å². The molecular weight excluding hydrogens is 268 g/mol. The number of nitrogens with two attached hydrogens (primary N) is 1. The summed E-state index contributed by atoms with van der Waals surface area (Å²) in [4.78, 5) is 12.2. The molecule has 1 aromatic rings. The van der Waals surface area contributed by atoms with E-state index in [9.17, 15) is 4.79 Å². The Bertz CT molecular complexity index is 458. The number of benzene rings is 1. The highest BCUT2D eigenvalue weighted by Gasteiger charge is 2.15. The van der Waals surface area contributed by atoms with E-state index in [1.54, 1.807) is 18.2 Å². The summed E-state index contributed by atoms with van der Waals surface area (Å²) < 4.78 is 0. The number of halogens is 1. The van der Waals surface area contributed by atoms with Crippen LogP contribution >= 0.6 is 23.8 Å². The van der Waals surface area contributed by atoms with Gasteiger partial charge in [0.2, 0.25) is 5.91 Å². The highest BCUT2D eigenvalue weighted by molar-refractivity contribution is 7.80. The normalized spacial score (nSPS) is 10.4. The molecule has 1 aromatic carbocycles. The molecule has 0 aliphatic carbocycles. The molecule has 0 fully saturated rings. The van der Waals surface area contributed by atoms with Crippen LogP contribution < -0.4 is 11.1 Å². The summed E-state index contributed by atoms with van der Waals surface area (Å²) in [6, 6.07) is 5.13. The van der Waals surface area contributed by atoms with Crippen molar-refractivity contribution in [3.8, 4) is 0 Å². The summed E-state index contributed by atoms with van der Waals surface area (Å²) >= 11 is 10.9. The monoisotopic (exact) mass is 284 g/mol. The van der Waals surface area contributed by atoms with Crippen molar-refractivity contribution >= 4 is 40.4 Å². The van der Waals surface area contributed by atoms with Crippen LogP contribution in [0, 0.1) is 5.92 Å². The molecule has 0 aliphatic heterocycles. The third-order valence-corrected chi connectivity index (χ3v) is 3.42. The van der Waals surface area contributed by atoms with Gasteiger partial charge in [0, 0.05) is 11.5 Å². The summed E-state index contributed by atoms with van der Waals surface area (Å²) in [6.45, 7) is 3.98. The fourth-order valence-electron chi connectivity index (χ4n) is 1.66. The van der Waals surface area contributed by atoms with Crippen molar-refractivity contribution in [2.24, 2.45) is 11.7 Å². The summed E-state index contributed by atoms with van der Waals surface area (Å²) in [5.74, 6) is 0.00121. The number of amides is 1. The molecule has 0 aliphatic rings. The van der Waals surface area contributed by atoms with E-state index in [0.717, 1.165) is 12.8 Å². The Morgan fingerprint density at radius 1 is 1.44 bits per heavy atom. The molecule has 0 bridgehead atoms. The quantitative estimate of drug-likeness (QED) is 0.815. The summed E-state index contributed by atoms with van der Waals surface area (Å²) in [6.07, 6.45) is 1.62. The molecule has 0 atom stereocenters. The third kappa shape index (κ3) is 3.68. The van der Waals surface area contributed by atoms with Gasteiger partial charge in [-0.25, -0.2) is 0 Å². The Hall–Kier alpha value is -1.13. The predicted octanol–water partition coefficient (Wildman–Crippen LogP) is 3.35. The molecule has 0 saturated heterocycles. The van der Waals surface area contributed by atoms with Gasteiger partial charge in [0.15, 0.2) is 0 Å². The lowest BCUT2D eigenvalue weighted by molar-refractivity contribution is -0.120.